The highest BCUT2D eigenvalue weighted by molar-refractivity contribution is 7.89. The summed E-state index contributed by atoms with van der Waals surface area (Å²) in [6, 6.07) is 6.42. The zero-order valence-corrected chi connectivity index (χ0v) is 15.3. The van der Waals surface area contributed by atoms with Crippen molar-refractivity contribution in [3.8, 4) is 0 Å². The summed E-state index contributed by atoms with van der Waals surface area (Å²) in [7, 11) is -3.55. The Bertz CT molecular complexity index is 692. The lowest BCUT2D eigenvalue weighted by molar-refractivity contribution is 0.0655. The molecule has 1 aliphatic heterocycles. The zero-order chi connectivity index (χ0) is 16.4. The van der Waals surface area contributed by atoms with Gasteiger partial charge in [-0.3, -0.25) is 4.79 Å². The Morgan fingerprint density at radius 3 is 2.79 bits per heavy atom. The number of rotatable bonds is 5. The van der Waals surface area contributed by atoms with Gasteiger partial charge in [0.05, 0.1) is 4.90 Å². The topological polar surface area (TPSA) is 78.5 Å². The number of sulfonamides is 1. The van der Waals surface area contributed by atoms with Crippen LogP contribution >= 0.6 is 12.4 Å². The number of hydrogen-bond acceptors (Lipinski definition) is 4. The highest BCUT2D eigenvalue weighted by Gasteiger charge is 2.27. The Labute approximate surface area is 149 Å². The summed E-state index contributed by atoms with van der Waals surface area (Å²) >= 11 is 0. The second-order valence-corrected chi connectivity index (χ2v) is 8.14. The molecular weight excluding hydrogens is 350 g/mol. The fourth-order valence-electron chi connectivity index (χ4n) is 2.74. The Hall–Kier alpha value is -1.15. The highest BCUT2D eigenvalue weighted by atomic mass is 35.5. The van der Waals surface area contributed by atoms with Crippen LogP contribution in [0.25, 0.3) is 0 Å². The molecule has 1 aliphatic carbocycles. The highest BCUT2D eigenvalue weighted by Crippen LogP contribution is 2.28. The summed E-state index contributed by atoms with van der Waals surface area (Å²) in [5.41, 5.74) is 0.424. The van der Waals surface area contributed by atoms with E-state index in [0.29, 0.717) is 24.6 Å². The number of carbonyl (C=O) groups excluding carboxylic acids is 1. The van der Waals surface area contributed by atoms with Gasteiger partial charge < -0.3 is 10.2 Å². The van der Waals surface area contributed by atoms with E-state index in [1.165, 1.54) is 12.1 Å². The molecule has 1 amide bonds. The summed E-state index contributed by atoms with van der Waals surface area (Å²) in [6.07, 6.45) is 2.17. The number of halogens is 1. The molecule has 2 fully saturated rings. The van der Waals surface area contributed by atoms with E-state index in [9.17, 15) is 13.2 Å². The molecule has 1 heterocycles. The second kappa shape index (κ2) is 7.82. The molecule has 24 heavy (non-hydrogen) atoms. The summed E-state index contributed by atoms with van der Waals surface area (Å²) < 4.78 is 27.3. The van der Waals surface area contributed by atoms with Crippen LogP contribution in [0.4, 0.5) is 0 Å². The lowest BCUT2D eigenvalue weighted by Gasteiger charge is -2.34. The van der Waals surface area contributed by atoms with Crippen LogP contribution in [0.1, 0.15) is 30.1 Å². The fraction of sp³-hybridized carbons (Fsp3) is 0.562. The zero-order valence-electron chi connectivity index (χ0n) is 13.7. The number of hydrogen-bond donors (Lipinski definition) is 2. The van der Waals surface area contributed by atoms with E-state index in [2.05, 4.69) is 10.0 Å². The predicted octanol–water partition coefficient (Wildman–Crippen LogP) is 1.23. The monoisotopic (exact) mass is 373 g/mol. The molecule has 2 aliphatic rings. The van der Waals surface area contributed by atoms with E-state index in [1.54, 1.807) is 17.0 Å². The number of nitrogens with zero attached hydrogens (tertiary/aromatic N) is 1. The van der Waals surface area contributed by atoms with E-state index < -0.39 is 10.0 Å². The maximum atomic E-state index is 12.6. The minimum atomic E-state index is -3.55. The first-order valence-corrected chi connectivity index (χ1v) is 9.57. The van der Waals surface area contributed by atoms with Crippen molar-refractivity contribution in [2.75, 3.05) is 26.2 Å². The molecule has 1 aromatic carbocycles. The van der Waals surface area contributed by atoms with E-state index in [-0.39, 0.29) is 29.3 Å². The standard InChI is InChI=1S/C16H23N3O3S.ClH/c1-12-10-17-7-8-19(12)16(20)14-3-2-4-15(9-14)23(21,22)18-11-13-5-6-13;/h2-4,9,12-13,17-18H,5-8,10-11H2,1H3;1H. The second-order valence-electron chi connectivity index (χ2n) is 6.37. The van der Waals surface area contributed by atoms with Gasteiger partial charge in [0.2, 0.25) is 10.0 Å². The molecular formula is C16H24ClN3O3S. The quantitative estimate of drug-likeness (QED) is 0.813. The van der Waals surface area contributed by atoms with Gasteiger partial charge in [0.15, 0.2) is 0 Å². The van der Waals surface area contributed by atoms with Crippen molar-refractivity contribution in [3.63, 3.8) is 0 Å². The van der Waals surface area contributed by atoms with Crippen molar-refractivity contribution in [3.05, 3.63) is 29.8 Å². The largest absolute Gasteiger partial charge is 0.333 e. The molecule has 8 heteroatoms. The maximum Gasteiger partial charge on any atom is 0.254 e. The van der Waals surface area contributed by atoms with Crippen molar-refractivity contribution in [2.24, 2.45) is 5.92 Å². The lowest BCUT2D eigenvalue weighted by Crippen LogP contribution is -2.52. The number of benzene rings is 1. The molecule has 0 bridgehead atoms. The van der Waals surface area contributed by atoms with Gasteiger partial charge >= 0.3 is 0 Å². The molecule has 1 saturated carbocycles. The molecule has 0 aromatic heterocycles. The number of carbonyl (C=O) groups is 1. The number of amides is 1. The van der Waals surface area contributed by atoms with Crippen molar-refractivity contribution in [2.45, 2.75) is 30.7 Å². The molecule has 134 valence electrons. The van der Waals surface area contributed by atoms with Crippen molar-refractivity contribution < 1.29 is 13.2 Å². The summed E-state index contributed by atoms with van der Waals surface area (Å²) in [6.45, 7) is 4.62. The summed E-state index contributed by atoms with van der Waals surface area (Å²) in [5, 5.41) is 3.24. The Kier molecular flexibility index (Phi) is 6.25. The Balaban J connectivity index is 0.00000208. The van der Waals surface area contributed by atoms with Crippen LogP contribution in [-0.4, -0.2) is 51.4 Å². The summed E-state index contributed by atoms with van der Waals surface area (Å²) in [4.78, 5) is 14.6. The van der Waals surface area contributed by atoms with Gasteiger partial charge in [0.1, 0.15) is 0 Å². The van der Waals surface area contributed by atoms with Gasteiger partial charge in [-0.2, -0.15) is 0 Å². The fourth-order valence-corrected chi connectivity index (χ4v) is 3.90. The van der Waals surface area contributed by atoms with E-state index in [4.69, 9.17) is 0 Å². The normalized spacial score (nSPS) is 21.2. The average Bonchev–Trinajstić information content (AvgIpc) is 3.37. The molecule has 6 nitrogen and oxygen atoms in total. The van der Waals surface area contributed by atoms with Crippen LogP contribution < -0.4 is 10.0 Å². The smallest absolute Gasteiger partial charge is 0.254 e. The van der Waals surface area contributed by atoms with Crippen LogP contribution in [0, 0.1) is 5.92 Å². The third-order valence-corrected chi connectivity index (χ3v) is 5.83. The van der Waals surface area contributed by atoms with Crippen molar-refractivity contribution in [1.29, 1.82) is 0 Å². The molecule has 3 rings (SSSR count). The first-order chi connectivity index (χ1) is 11.0. The molecule has 0 radical (unpaired) electrons. The van der Waals surface area contributed by atoms with Crippen LogP contribution in [0.2, 0.25) is 0 Å². The van der Waals surface area contributed by atoms with Gasteiger partial charge in [-0.15, -0.1) is 12.4 Å². The van der Waals surface area contributed by atoms with Crippen molar-refractivity contribution >= 4 is 28.3 Å². The first-order valence-electron chi connectivity index (χ1n) is 8.09. The average molecular weight is 374 g/mol. The molecule has 1 saturated heterocycles. The van der Waals surface area contributed by atoms with Gasteiger partial charge in [-0.25, -0.2) is 13.1 Å². The van der Waals surface area contributed by atoms with Gasteiger partial charge in [-0.1, -0.05) is 6.07 Å². The Morgan fingerprint density at radius 1 is 1.38 bits per heavy atom. The van der Waals surface area contributed by atoms with E-state index >= 15 is 0 Å². The lowest BCUT2D eigenvalue weighted by atomic mass is 10.1. The molecule has 0 spiro atoms. The number of piperazine rings is 1. The van der Waals surface area contributed by atoms with Crippen molar-refractivity contribution in [1.82, 2.24) is 14.9 Å². The molecule has 1 unspecified atom stereocenters. The maximum absolute atomic E-state index is 12.6. The molecule has 2 N–H and O–H groups in total. The first kappa shape index (κ1) is 19.2. The molecule has 1 atom stereocenters. The van der Waals surface area contributed by atoms with Crippen LogP contribution in [0.3, 0.4) is 0 Å². The van der Waals surface area contributed by atoms with Gasteiger partial charge in [-0.05, 0) is 43.9 Å². The minimum absolute atomic E-state index is 0. The van der Waals surface area contributed by atoms with E-state index in [0.717, 1.165) is 25.9 Å². The van der Waals surface area contributed by atoms with Gasteiger partial charge in [0.25, 0.3) is 5.91 Å². The van der Waals surface area contributed by atoms with Crippen LogP contribution in [-0.2, 0) is 10.0 Å². The SMILES string of the molecule is CC1CNCCN1C(=O)c1cccc(S(=O)(=O)NCC2CC2)c1.Cl. The van der Waals surface area contributed by atoms with E-state index in [1.807, 2.05) is 6.92 Å². The third kappa shape index (κ3) is 4.47. The van der Waals surface area contributed by atoms with Gasteiger partial charge in [0, 0.05) is 37.8 Å². The van der Waals surface area contributed by atoms with Crippen LogP contribution in [0.15, 0.2) is 29.2 Å². The predicted molar refractivity (Wildman–Crippen MR) is 95.0 cm³/mol. The van der Waals surface area contributed by atoms with Crippen LogP contribution in [0.5, 0.6) is 0 Å². The third-order valence-electron chi connectivity index (χ3n) is 4.41. The summed E-state index contributed by atoms with van der Waals surface area (Å²) in [5.74, 6) is 0.356. The Morgan fingerprint density at radius 2 is 2.12 bits per heavy atom. The minimum Gasteiger partial charge on any atom is -0.333 e. The molecule has 1 aromatic rings. The number of nitrogens with one attached hydrogen (secondary N) is 2.